The van der Waals surface area contributed by atoms with Crippen LogP contribution in [0.15, 0.2) is 40.1 Å². The zero-order valence-corrected chi connectivity index (χ0v) is 14.6. The smallest absolute Gasteiger partial charge is 0.360 e. The Labute approximate surface area is 154 Å². The van der Waals surface area contributed by atoms with E-state index in [1.54, 1.807) is 4.72 Å². The number of hydrogen-bond donors (Lipinski definition) is 2. The first-order valence-electron chi connectivity index (χ1n) is 7.65. The van der Waals surface area contributed by atoms with Gasteiger partial charge in [-0.1, -0.05) is 0 Å². The minimum Gasteiger partial charge on any atom is -0.360 e. The minimum atomic E-state index is -5.14. The number of benzene rings is 1. The Kier molecular flexibility index (Phi) is 5.00. The summed E-state index contributed by atoms with van der Waals surface area (Å²) in [6.45, 7) is 0.252. The summed E-state index contributed by atoms with van der Waals surface area (Å²) in [6, 6.07) is 0.987. The molecule has 0 atom stereocenters. The van der Waals surface area contributed by atoms with Crippen LogP contribution in [-0.2, 0) is 16.2 Å². The van der Waals surface area contributed by atoms with Gasteiger partial charge in [0.2, 0.25) is 0 Å². The zero-order chi connectivity index (χ0) is 20.7. The number of alkyl halides is 3. The van der Waals surface area contributed by atoms with Crippen molar-refractivity contribution in [3.8, 4) is 0 Å². The number of nitrogens with zero attached hydrogens (tertiary/aromatic N) is 1. The van der Waals surface area contributed by atoms with Gasteiger partial charge >= 0.3 is 6.18 Å². The number of nitrogens with one attached hydrogen (secondary N) is 2. The highest BCUT2D eigenvalue weighted by molar-refractivity contribution is 7.92. The molecule has 0 radical (unpaired) electrons. The lowest BCUT2D eigenvalue weighted by Crippen LogP contribution is -2.15. The Morgan fingerprint density at radius 1 is 1.07 bits per heavy atom. The summed E-state index contributed by atoms with van der Waals surface area (Å²) in [6.07, 6.45) is -2.91. The maximum Gasteiger partial charge on any atom is 0.419 e. The number of sulfonamides is 1. The van der Waals surface area contributed by atoms with E-state index in [1.807, 2.05) is 0 Å². The number of aromatic nitrogens is 1. The van der Waals surface area contributed by atoms with Gasteiger partial charge in [0.25, 0.3) is 10.0 Å². The van der Waals surface area contributed by atoms with Crippen molar-refractivity contribution in [2.45, 2.75) is 17.5 Å². The van der Waals surface area contributed by atoms with E-state index in [-0.39, 0.29) is 36.4 Å². The monoisotopic (exact) mass is 423 g/mol. The Hall–Kier alpha value is -2.76. The van der Waals surface area contributed by atoms with Crippen molar-refractivity contribution in [2.75, 3.05) is 11.3 Å². The molecule has 0 fully saturated rings. The van der Waals surface area contributed by atoms with Crippen LogP contribution in [0.25, 0.3) is 5.57 Å². The van der Waals surface area contributed by atoms with Crippen LogP contribution in [-0.4, -0.2) is 26.2 Å². The highest BCUT2D eigenvalue weighted by atomic mass is 32.2. The highest BCUT2D eigenvalue weighted by Crippen LogP contribution is 2.34. The van der Waals surface area contributed by atoms with E-state index in [4.69, 9.17) is 0 Å². The van der Waals surface area contributed by atoms with Crippen molar-refractivity contribution < 1.29 is 34.8 Å². The number of rotatable bonds is 4. The number of dihydropyridines is 1. The standard InChI is InChI=1S/C16H11F6N3O2S/c17-11-1-2-23-7-9(11)14-3-8(6-24-14)28(26,27)25-15-5-12(18)10(4-13(15)19)16(20,21)22/h3-7,24-25H,1-2H2. The predicted octanol–water partition coefficient (Wildman–Crippen LogP) is 4.27. The van der Waals surface area contributed by atoms with Crippen molar-refractivity contribution >= 4 is 27.5 Å². The van der Waals surface area contributed by atoms with Gasteiger partial charge in [-0.3, -0.25) is 9.71 Å². The molecule has 150 valence electrons. The lowest BCUT2D eigenvalue weighted by Gasteiger charge is -2.12. The van der Waals surface area contributed by atoms with Crippen LogP contribution in [0.2, 0.25) is 0 Å². The number of aliphatic imine (C=N–C) groups is 1. The van der Waals surface area contributed by atoms with Crippen molar-refractivity contribution in [1.29, 1.82) is 0 Å². The summed E-state index contributed by atoms with van der Waals surface area (Å²) in [5.41, 5.74) is -2.74. The maximum absolute atomic E-state index is 13.9. The quantitative estimate of drug-likeness (QED) is 0.721. The van der Waals surface area contributed by atoms with E-state index < -0.39 is 49.8 Å². The molecule has 0 aliphatic carbocycles. The minimum absolute atomic E-state index is 0.0412. The molecule has 0 spiro atoms. The largest absolute Gasteiger partial charge is 0.419 e. The molecule has 2 N–H and O–H groups in total. The van der Waals surface area contributed by atoms with Gasteiger partial charge in [-0.05, 0) is 12.1 Å². The molecule has 2 aromatic rings. The first kappa shape index (κ1) is 20.0. The second kappa shape index (κ2) is 7.00. The van der Waals surface area contributed by atoms with Crippen LogP contribution < -0.4 is 4.72 Å². The maximum atomic E-state index is 13.9. The average molecular weight is 423 g/mol. The zero-order valence-electron chi connectivity index (χ0n) is 13.7. The van der Waals surface area contributed by atoms with Crippen LogP contribution in [0.3, 0.4) is 0 Å². The van der Waals surface area contributed by atoms with Gasteiger partial charge in [-0.25, -0.2) is 21.6 Å². The van der Waals surface area contributed by atoms with Gasteiger partial charge in [0, 0.05) is 37.0 Å². The molecular weight excluding hydrogens is 412 g/mol. The molecule has 1 aromatic carbocycles. The first-order valence-corrected chi connectivity index (χ1v) is 9.13. The number of allylic oxidation sites excluding steroid dienone is 1. The fourth-order valence-electron chi connectivity index (χ4n) is 2.47. The van der Waals surface area contributed by atoms with Gasteiger partial charge in [0.15, 0.2) is 0 Å². The lowest BCUT2D eigenvalue weighted by molar-refractivity contribution is -0.140. The number of aromatic amines is 1. The summed E-state index contributed by atoms with van der Waals surface area (Å²) >= 11 is 0. The molecule has 1 aromatic heterocycles. The van der Waals surface area contributed by atoms with Gasteiger partial charge in [0.1, 0.15) is 22.4 Å². The van der Waals surface area contributed by atoms with E-state index in [9.17, 15) is 34.8 Å². The summed E-state index contributed by atoms with van der Waals surface area (Å²) in [4.78, 5) is 5.95. The number of anilines is 1. The molecule has 0 bridgehead atoms. The van der Waals surface area contributed by atoms with Crippen molar-refractivity contribution in [2.24, 2.45) is 4.99 Å². The molecule has 0 amide bonds. The molecule has 2 heterocycles. The fourth-order valence-corrected chi connectivity index (χ4v) is 3.52. The van der Waals surface area contributed by atoms with E-state index in [1.165, 1.54) is 6.21 Å². The molecule has 0 saturated heterocycles. The van der Waals surface area contributed by atoms with Gasteiger partial charge < -0.3 is 4.98 Å². The van der Waals surface area contributed by atoms with E-state index in [0.29, 0.717) is 0 Å². The first-order chi connectivity index (χ1) is 13.0. The Balaban J connectivity index is 1.91. The van der Waals surface area contributed by atoms with Crippen LogP contribution in [0.4, 0.5) is 32.0 Å². The normalized spacial score (nSPS) is 15.2. The molecule has 12 heteroatoms. The lowest BCUT2D eigenvalue weighted by atomic mass is 10.1. The fraction of sp³-hybridized carbons (Fsp3) is 0.188. The summed E-state index contributed by atoms with van der Waals surface area (Å²) in [7, 11) is -4.49. The second-order valence-corrected chi connectivity index (χ2v) is 7.45. The molecule has 28 heavy (non-hydrogen) atoms. The highest BCUT2D eigenvalue weighted by Gasteiger charge is 2.35. The number of halogens is 6. The summed E-state index contributed by atoms with van der Waals surface area (Å²) in [5, 5.41) is 0. The van der Waals surface area contributed by atoms with Gasteiger partial charge in [-0.2, -0.15) is 13.2 Å². The Morgan fingerprint density at radius 2 is 1.79 bits per heavy atom. The molecule has 0 saturated carbocycles. The SMILES string of the molecule is O=S(=O)(Nc1cc(F)c(C(F)(F)F)cc1F)c1c[nH]c(C2=C(F)CCN=C2)c1. The Bertz CT molecular complexity index is 1090. The topological polar surface area (TPSA) is 74.3 Å². The van der Waals surface area contributed by atoms with Crippen LogP contribution in [0.1, 0.15) is 17.7 Å². The van der Waals surface area contributed by atoms with Crippen molar-refractivity contribution in [1.82, 2.24) is 4.98 Å². The molecule has 0 unspecified atom stereocenters. The third-order valence-electron chi connectivity index (χ3n) is 3.84. The predicted molar refractivity (Wildman–Crippen MR) is 89.0 cm³/mol. The average Bonchev–Trinajstić information content (AvgIpc) is 3.08. The second-order valence-electron chi connectivity index (χ2n) is 5.77. The summed E-state index contributed by atoms with van der Waals surface area (Å²) in [5.74, 6) is -3.96. The third-order valence-corrected chi connectivity index (χ3v) is 5.18. The van der Waals surface area contributed by atoms with E-state index in [2.05, 4.69) is 9.98 Å². The van der Waals surface area contributed by atoms with Crippen molar-refractivity contribution in [3.63, 3.8) is 0 Å². The van der Waals surface area contributed by atoms with Gasteiger partial charge in [-0.15, -0.1) is 0 Å². The summed E-state index contributed by atoms with van der Waals surface area (Å²) < 4.78 is 105. The molecule has 1 aliphatic rings. The van der Waals surface area contributed by atoms with Crippen LogP contribution in [0.5, 0.6) is 0 Å². The van der Waals surface area contributed by atoms with E-state index >= 15 is 0 Å². The number of hydrogen-bond acceptors (Lipinski definition) is 3. The third kappa shape index (κ3) is 3.91. The van der Waals surface area contributed by atoms with Crippen molar-refractivity contribution in [3.05, 3.63) is 53.1 Å². The Morgan fingerprint density at radius 3 is 2.43 bits per heavy atom. The number of H-pyrrole nitrogens is 1. The van der Waals surface area contributed by atoms with Gasteiger partial charge in [0.05, 0.1) is 16.9 Å². The van der Waals surface area contributed by atoms with E-state index in [0.717, 1.165) is 12.3 Å². The van der Waals surface area contributed by atoms with Crippen LogP contribution >= 0.6 is 0 Å². The molecule has 5 nitrogen and oxygen atoms in total. The molecule has 1 aliphatic heterocycles. The molecule has 3 rings (SSSR count). The molecular formula is C16H11F6N3O2S. The van der Waals surface area contributed by atoms with Crippen LogP contribution in [0, 0.1) is 11.6 Å².